The Bertz CT molecular complexity index is 276. The minimum absolute atomic E-state index is 0.0843. The van der Waals surface area contributed by atoms with E-state index < -0.39 is 0 Å². The highest BCUT2D eigenvalue weighted by atomic mass is 16.7. The van der Waals surface area contributed by atoms with E-state index in [1.165, 1.54) is 12.5 Å². The summed E-state index contributed by atoms with van der Waals surface area (Å²) in [7, 11) is 0. The summed E-state index contributed by atoms with van der Waals surface area (Å²) in [6.07, 6.45) is 6.45. The van der Waals surface area contributed by atoms with E-state index in [4.69, 9.17) is 4.84 Å². The summed E-state index contributed by atoms with van der Waals surface area (Å²) in [5.41, 5.74) is -0.169. The lowest BCUT2D eigenvalue weighted by atomic mass is 9.82. The number of hydroxylamine groups is 2. The molecule has 16 heavy (non-hydrogen) atoms. The first-order valence-corrected chi connectivity index (χ1v) is 5.94. The summed E-state index contributed by atoms with van der Waals surface area (Å²) in [5.74, 6) is -0.287. The quantitative estimate of drug-likeness (QED) is 0.676. The van der Waals surface area contributed by atoms with Crippen LogP contribution in [0.2, 0.25) is 0 Å². The van der Waals surface area contributed by atoms with Gasteiger partial charge in [-0.05, 0) is 53.9 Å². The van der Waals surface area contributed by atoms with E-state index in [-0.39, 0.29) is 17.0 Å². The Hall–Kier alpha value is -0.830. The van der Waals surface area contributed by atoms with Gasteiger partial charge in [-0.3, -0.25) is 0 Å². The van der Waals surface area contributed by atoms with Crippen LogP contribution in [0.1, 0.15) is 53.9 Å². The summed E-state index contributed by atoms with van der Waals surface area (Å²) < 4.78 is 0. The van der Waals surface area contributed by atoms with Gasteiger partial charge in [0.05, 0.1) is 11.1 Å². The van der Waals surface area contributed by atoms with Crippen molar-refractivity contribution in [2.24, 2.45) is 0 Å². The molecular formula is C13H23NO2. The van der Waals surface area contributed by atoms with Crippen LogP contribution in [-0.2, 0) is 9.63 Å². The molecule has 0 spiro atoms. The molecule has 0 aromatic rings. The van der Waals surface area contributed by atoms with E-state index in [1.54, 1.807) is 6.08 Å². The fourth-order valence-electron chi connectivity index (χ4n) is 2.48. The maximum Gasteiger partial charge on any atom is 0.349 e. The van der Waals surface area contributed by atoms with Gasteiger partial charge >= 0.3 is 5.97 Å². The molecule has 0 amide bonds. The van der Waals surface area contributed by atoms with E-state index >= 15 is 0 Å². The standard InChI is InChI=1S/C13H23NO2/c1-6-8-11(15)16-14-12(2,3)9-7-10-13(14,4)5/h6,8H,7,9-10H2,1-5H3/b8-6+. The molecule has 1 heterocycles. The van der Waals surface area contributed by atoms with Crippen LogP contribution in [0.3, 0.4) is 0 Å². The maximum absolute atomic E-state index is 11.5. The van der Waals surface area contributed by atoms with Gasteiger partial charge in [-0.2, -0.15) is 0 Å². The molecule has 3 nitrogen and oxygen atoms in total. The number of hydrogen-bond acceptors (Lipinski definition) is 3. The molecule has 1 fully saturated rings. The maximum atomic E-state index is 11.5. The lowest BCUT2D eigenvalue weighted by Crippen LogP contribution is -2.58. The van der Waals surface area contributed by atoms with Crippen molar-refractivity contribution >= 4 is 5.97 Å². The van der Waals surface area contributed by atoms with Crippen molar-refractivity contribution in [2.75, 3.05) is 0 Å². The molecule has 1 saturated heterocycles. The van der Waals surface area contributed by atoms with Crippen molar-refractivity contribution in [1.29, 1.82) is 0 Å². The largest absolute Gasteiger partial charge is 0.363 e. The molecule has 92 valence electrons. The average molecular weight is 225 g/mol. The molecule has 1 aliphatic heterocycles. The molecule has 0 aromatic carbocycles. The third-order valence-electron chi connectivity index (χ3n) is 3.16. The molecule has 0 saturated carbocycles. The molecule has 0 atom stereocenters. The SMILES string of the molecule is C/C=C/C(=O)ON1C(C)(C)CCCC1(C)C. The first kappa shape index (κ1) is 13.2. The Morgan fingerprint density at radius 2 is 1.69 bits per heavy atom. The Morgan fingerprint density at radius 3 is 2.12 bits per heavy atom. The van der Waals surface area contributed by atoms with Gasteiger partial charge in [-0.15, -0.1) is 5.06 Å². The Labute approximate surface area is 98.4 Å². The predicted molar refractivity (Wildman–Crippen MR) is 64.8 cm³/mol. The average Bonchev–Trinajstić information content (AvgIpc) is 2.11. The van der Waals surface area contributed by atoms with Gasteiger partial charge in [-0.1, -0.05) is 6.08 Å². The Morgan fingerprint density at radius 1 is 1.19 bits per heavy atom. The second-order valence-corrected chi connectivity index (χ2v) is 5.68. The second kappa shape index (κ2) is 4.58. The first-order chi connectivity index (χ1) is 7.29. The summed E-state index contributed by atoms with van der Waals surface area (Å²) in [5, 5.41) is 1.87. The summed E-state index contributed by atoms with van der Waals surface area (Å²) >= 11 is 0. The van der Waals surface area contributed by atoms with E-state index in [2.05, 4.69) is 27.7 Å². The van der Waals surface area contributed by atoms with Crippen LogP contribution in [0.15, 0.2) is 12.2 Å². The normalized spacial score (nSPS) is 24.6. The van der Waals surface area contributed by atoms with Crippen LogP contribution in [-0.4, -0.2) is 22.1 Å². The molecule has 1 aliphatic rings. The third kappa shape index (κ3) is 2.85. The molecular weight excluding hydrogens is 202 g/mol. The number of carbonyl (C=O) groups is 1. The topological polar surface area (TPSA) is 29.5 Å². The fraction of sp³-hybridized carbons (Fsp3) is 0.769. The van der Waals surface area contributed by atoms with Gasteiger partial charge in [0.2, 0.25) is 0 Å². The Balaban J connectivity index is 2.83. The number of carbonyl (C=O) groups excluding carboxylic acids is 1. The monoisotopic (exact) mass is 225 g/mol. The zero-order valence-corrected chi connectivity index (χ0v) is 11.0. The number of hydrogen-bond donors (Lipinski definition) is 0. The second-order valence-electron chi connectivity index (χ2n) is 5.68. The molecule has 0 bridgehead atoms. The van der Waals surface area contributed by atoms with E-state index in [0.717, 1.165) is 12.8 Å². The molecule has 1 rings (SSSR count). The number of piperidine rings is 1. The first-order valence-electron chi connectivity index (χ1n) is 5.94. The van der Waals surface area contributed by atoms with Crippen molar-refractivity contribution in [3.63, 3.8) is 0 Å². The minimum atomic E-state index is -0.287. The van der Waals surface area contributed by atoms with Gasteiger partial charge < -0.3 is 4.84 Å². The van der Waals surface area contributed by atoms with Crippen molar-refractivity contribution in [2.45, 2.75) is 65.0 Å². The van der Waals surface area contributed by atoms with Crippen LogP contribution in [0.5, 0.6) is 0 Å². The van der Waals surface area contributed by atoms with Gasteiger partial charge in [0.1, 0.15) is 0 Å². The van der Waals surface area contributed by atoms with Crippen LogP contribution < -0.4 is 0 Å². The van der Waals surface area contributed by atoms with Crippen molar-refractivity contribution < 1.29 is 9.63 Å². The van der Waals surface area contributed by atoms with Gasteiger partial charge in [-0.25, -0.2) is 4.79 Å². The van der Waals surface area contributed by atoms with Crippen molar-refractivity contribution in [1.82, 2.24) is 5.06 Å². The highest BCUT2D eigenvalue weighted by Crippen LogP contribution is 2.38. The van der Waals surface area contributed by atoms with Crippen LogP contribution >= 0.6 is 0 Å². The summed E-state index contributed by atoms with van der Waals surface area (Å²) in [4.78, 5) is 17.0. The smallest absolute Gasteiger partial charge is 0.349 e. The minimum Gasteiger partial charge on any atom is -0.363 e. The molecule has 0 N–H and O–H groups in total. The van der Waals surface area contributed by atoms with Gasteiger partial charge in [0.15, 0.2) is 0 Å². The highest BCUT2D eigenvalue weighted by Gasteiger charge is 2.44. The molecule has 0 unspecified atom stereocenters. The van der Waals surface area contributed by atoms with Crippen LogP contribution in [0.25, 0.3) is 0 Å². The summed E-state index contributed by atoms with van der Waals surface area (Å²) in [6, 6.07) is 0. The molecule has 0 aromatic heterocycles. The molecule has 3 heteroatoms. The van der Waals surface area contributed by atoms with Gasteiger partial charge in [0, 0.05) is 6.08 Å². The summed E-state index contributed by atoms with van der Waals surface area (Å²) in [6.45, 7) is 10.3. The lowest BCUT2D eigenvalue weighted by molar-refractivity contribution is -0.261. The van der Waals surface area contributed by atoms with Crippen molar-refractivity contribution in [3.8, 4) is 0 Å². The lowest BCUT2D eigenvalue weighted by Gasteiger charge is -2.50. The van der Waals surface area contributed by atoms with Crippen LogP contribution in [0.4, 0.5) is 0 Å². The molecule has 0 aliphatic carbocycles. The van der Waals surface area contributed by atoms with Crippen LogP contribution in [0, 0.1) is 0 Å². The number of rotatable bonds is 2. The van der Waals surface area contributed by atoms with E-state index in [0.29, 0.717) is 0 Å². The van der Waals surface area contributed by atoms with Crippen molar-refractivity contribution in [3.05, 3.63) is 12.2 Å². The number of allylic oxidation sites excluding steroid dienone is 1. The van der Waals surface area contributed by atoms with Gasteiger partial charge in [0.25, 0.3) is 0 Å². The fourth-order valence-corrected chi connectivity index (χ4v) is 2.48. The van der Waals surface area contributed by atoms with E-state index in [9.17, 15) is 4.79 Å². The third-order valence-corrected chi connectivity index (χ3v) is 3.16. The zero-order chi connectivity index (χ0) is 12.4. The van der Waals surface area contributed by atoms with E-state index in [1.807, 2.05) is 12.0 Å². The highest BCUT2D eigenvalue weighted by molar-refractivity contribution is 5.81. The number of nitrogens with zero attached hydrogens (tertiary/aromatic N) is 1. The zero-order valence-electron chi connectivity index (χ0n) is 11.0. The predicted octanol–water partition coefficient (Wildman–Crippen LogP) is 3.06. The Kier molecular flexibility index (Phi) is 3.79. The molecule has 0 radical (unpaired) electrons.